The maximum atomic E-state index is 11.5. The summed E-state index contributed by atoms with van der Waals surface area (Å²) >= 11 is 0. The minimum absolute atomic E-state index is 0.406. The van der Waals surface area contributed by atoms with Crippen molar-refractivity contribution in [2.24, 2.45) is 11.8 Å². The molecule has 0 aliphatic carbocycles. The van der Waals surface area contributed by atoms with E-state index in [2.05, 4.69) is 14.9 Å². The van der Waals surface area contributed by atoms with Gasteiger partial charge in [-0.05, 0) is 17.9 Å². The Hall–Kier alpha value is -1.21. The number of hydrogen-bond acceptors (Lipinski definition) is 5. The van der Waals surface area contributed by atoms with Crippen LogP contribution < -0.4 is 4.90 Å². The lowest BCUT2D eigenvalue weighted by molar-refractivity contribution is 0.457. The van der Waals surface area contributed by atoms with Gasteiger partial charge in [0.1, 0.15) is 0 Å². The van der Waals surface area contributed by atoms with Crippen LogP contribution in [0, 0.1) is 11.8 Å². The van der Waals surface area contributed by atoms with Crippen LogP contribution in [0.1, 0.15) is 0 Å². The number of hydrogen-bond donors (Lipinski definition) is 0. The SMILES string of the molecule is CS(=O)(=O)N1C[C@H]2CN(c3ncccn3)C[C@@H]2C1. The van der Waals surface area contributed by atoms with Crippen molar-refractivity contribution in [2.75, 3.05) is 37.3 Å². The number of aromatic nitrogens is 2. The Morgan fingerprint density at radius 3 is 2.17 bits per heavy atom. The molecule has 3 heterocycles. The highest BCUT2D eigenvalue weighted by Gasteiger charge is 2.43. The number of nitrogens with zero attached hydrogens (tertiary/aromatic N) is 4. The first-order valence-corrected chi connectivity index (χ1v) is 7.86. The first-order chi connectivity index (χ1) is 8.54. The van der Waals surface area contributed by atoms with E-state index in [4.69, 9.17) is 0 Å². The Labute approximate surface area is 107 Å². The highest BCUT2D eigenvalue weighted by atomic mass is 32.2. The van der Waals surface area contributed by atoms with Crippen LogP contribution in [0.2, 0.25) is 0 Å². The summed E-state index contributed by atoms with van der Waals surface area (Å²) in [5.41, 5.74) is 0. The molecule has 0 amide bonds. The molecule has 0 radical (unpaired) electrons. The van der Waals surface area contributed by atoms with E-state index in [0.29, 0.717) is 24.9 Å². The lowest BCUT2D eigenvalue weighted by atomic mass is 10.0. The summed E-state index contributed by atoms with van der Waals surface area (Å²) in [4.78, 5) is 10.6. The second-order valence-electron chi connectivity index (χ2n) is 5.05. The average molecular weight is 268 g/mol. The summed E-state index contributed by atoms with van der Waals surface area (Å²) in [5, 5.41) is 0. The van der Waals surface area contributed by atoms with Gasteiger partial charge in [0.2, 0.25) is 16.0 Å². The molecule has 98 valence electrons. The fourth-order valence-corrected chi connectivity index (χ4v) is 3.76. The van der Waals surface area contributed by atoms with Gasteiger partial charge in [-0.25, -0.2) is 22.7 Å². The zero-order valence-electron chi connectivity index (χ0n) is 10.2. The van der Waals surface area contributed by atoms with Crippen LogP contribution in [-0.4, -0.2) is 55.1 Å². The molecule has 2 aliphatic rings. The van der Waals surface area contributed by atoms with Crippen LogP contribution in [0.15, 0.2) is 18.5 Å². The zero-order chi connectivity index (χ0) is 12.8. The highest BCUT2D eigenvalue weighted by molar-refractivity contribution is 7.88. The Balaban J connectivity index is 1.70. The van der Waals surface area contributed by atoms with Gasteiger partial charge in [0.15, 0.2) is 0 Å². The number of fused-ring (bicyclic) bond motifs is 1. The molecule has 3 rings (SSSR count). The summed E-state index contributed by atoms with van der Waals surface area (Å²) < 4.78 is 24.6. The molecule has 1 aromatic rings. The van der Waals surface area contributed by atoms with Crippen molar-refractivity contribution >= 4 is 16.0 Å². The molecular formula is C11H16N4O2S. The van der Waals surface area contributed by atoms with E-state index >= 15 is 0 Å². The molecule has 7 heteroatoms. The van der Waals surface area contributed by atoms with Crippen LogP contribution in [0.4, 0.5) is 5.95 Å². The van der Waals surface area contributed by atoms with E-state index in [0.717, 1.165) is 19.0 Å². The van der Waals surface area contributed by atoms with Gasteiger partial charge in [-0.3, -0.25) is 0 Å². The molecule has 0 N–H and O–H groups in total. The molecule has 0 saturated carbocycles. The maximum absolute atomic E-state index is 11.5. The molecular weight excluding hydrogens is 252 g/mol. The molecule has 0 aromatic carbocycles. The molecule has 0 spiro atoms. The first kappa shape index (κ1) is 11.9. The van der Waals surface area contributed by atoms with Crippen molar-refractivity contribution in [1.82, 2.24) is 14.3 Å². The van der Waals surface area contributed by atoms with E-state index in [9.17, 15) is 8.42 Å². The molecule has 0 bridgehead atoms. The number of anilines is 1. The Bertz CT molecular complexity index is 519. The van der Waals surface area contributed by atoms with Crippen LogP contribution in [-0.2, 0) is 10.0 Å². The van der Waals surface area contributed by atoms with Gasteiger partial charge in [-0.2, -0.15) is 0 Å². The molecule has 2 fully saturated rings. The second kappa shape index (κ2) is 4.17. The van der Waals surface area contributed by atoms with Crippen molar-refractivity contribution < 1.29 is 8.42 Å². The van der Waals surface area contributed by atoms with Gasteiger partial charge in [-0.15, -0.1) is 0 Å². The first-order valence-electron chi connectivity index (χ1n) is 6.01. The van der Waals surface area contributed by atoms with Gasteiger partial charge in [0, 0.05) is 38.6 Å². The van der Waals surface area contributed by atoms with Crippen molar-refractivity contribution in [2.45, 2.75) is 0 Å². The van der Waals surface area contributed by atoms with Crippen molar-refractivity contribution in [1.29, 1.82) is 0 Å². The summed E-state index contributed by atoms with van der Waals surface area (Å²) in [6.45, 7) is 2.96. The fraction of sp³-hybridized carbons (Fsp3) is 0.636. The van der Waals surface area contributed by atoms with Crippen molar-refractivity contribution in [3.05, 3.63) is 18.5 Å². The van der Waals surface area contributed by atoms with Crippen LogP contribution in [0.25, 0.3) is 0 Å². The maximum Gasteiger partial charge on any atom is 0.225 e. The van der Waals surface area contributed by atoms with Gasteiger partial charge in [0.25, 0.3) is 0 Å². The number of rotatable bonds is 2. The van der Waals surface area contributed by atoms with Gasteiger partial charge in [-0.1, -0.05) is 0 Å². The topological polar surface area (TPSA) is 66.4 Å². The molecule has 6 nitrogen and oxygen atoms in total. The van der Waals surface area contributed by atoms with E-state index in [1.807, 2.05) is 0 Å². The normalized spacial score (nSPS) is 28.6. The van der Waals surface area contributed by atoms with E-state index < -0.39 is 10.0 Å². The predicted octanol–water partition coefficient (Wildman–Crippen LogP) is -0.196. The third-order valence-electron chi connectivity index (χ3n) is 3.76. The van der Waals surface area contributed by atoms with Gasteiger partial charge in [0.05, 0.1) is 6.26 Å². The molecule has 18 heavy (non-hydrogen) atoms. The summed E-state index contributed by atoms with van der Waals surface area (Å²) in [6.07, 6.45) is 4.75. The summed E-state index contributed by atoms with van der Waals surface area (Å²) in [6, 6.07) is 1.80. The summed E-state index contributed by atoms with van der Waals surface area (Å²) in [7, 11) is -3.04. The third kappa shape index (κ3) is 2.08. The van der Waals surface area contributed by atoms with Gasteiger partial charge < -0.3 is 4.90 Å². The summed E-state index contributed by atoms with van der Waals surface area (Å²) in [5.74, 6) is 1.56. The van der Waals surface area contributed by atoms with Crippen molar-refractivity contribution in [3.63, 3.8) is 0 Å². The minimum atomic E-state index is -3.04. The highest BCUT2D eigenvalue weighted by Crippen LogP contribution is 2.33. The van der Waals surface area contributed by atoms with E-state index in [-0.39, 0.29) is 0 Å². The lowest BCUT2D eigenvalue weighted by Gasteiger charge is -2.19. The Kier molecular flexibility index (Phi) is 2.74. The van der Waals surface area contributed by atoms with E-state index in [1.54, 1.807) is 22.8 Å². The third-order valence-corrected chi connectivity index (χ3v) is 4.99. The standard InChI is InChI=1S/C11H16N4O2S/c1-18(16,17)15-7-9-5-14(6-10(9)8-15)11-12-3-2-4-13-11/h2-4,9-10H,5-8H2,1H3/t9-,10-/m1/s1. The van der Waals surface area contributed by atoms with Crippen molar-refractivity contribution in [3.8, 4) is 0 Å². The van der Waals surface area contributed by atoms with Gasteiger partial charge >= 0.3 is 0 Å². The van der Waals surface area contributed by atoms with Crippen LogP contribution in [0.5, 0.6) is 0 Å². The smallest absolute Gasteiger partial charge is 0.225 e. The minimum Gasteiger partial charge on any atom is -0.340 e. The molecule has 1 aromatic heterocycles. The Morgan fingerprint density at radius 2 is 1.67 bits per heavy atom. The Morgan fingerprint density at radius 1 is 1.11 bits per heavy atom. The lowest BCUT2D eigenvalue weighted by Crippen LogP contribution is -2.33. The molecule has 0 unspecified atom stereocenters. The van der Waals surface area contributed by atoms with E-state index in [1.165, 1.54) is 6.26 Å². The molecule has 2 saturated heterocycles. The molecule has 2 atom stereocenters. The largest absolute Gasteiger partial charge is 0.340 e. The zero-order valence-corrected chi connectivity index (χ0v) is 11.0. The average Bonchev–Trinajstić information content (AvgIpc) is 2.86. The second-order valence-corrected chi connectivity index (χ2v) is 7.04. The monoisotopic (exact) mass is 268 g/mol. The number of sulfonamides is 1. The fourth-order valence-electron chi connectivity index (χ4n) is 2.84. The predicted molar refractivity (Wildman–Crippen MR) is 67.6 cm³/mol. The quantitative estimate of drug-likeness (QED) is 0.743. The van der Waals surface area contributed by atoms with Crippen LogP contribution >= 0.6 is 0 Å². The molecule has 2 aliphatic heterocycles. The van der Waals surface area contributed by atoms with Crippen LogP contribution in [0.3, 0.4) is 0 Å².